The molecule has 0 unspecified atom stereocenters. The third kappa shape index (κ3) is 3.93. The molecule has 1 aromatic rings. The third-order valence-corrected chi connectivity index (χ3v) is 4.19. The summed E-state index contributed by atoms with van der Waals surface area (Å²) in [4.78, 5) is 4.51. The van der Waals surface area contributed by atoms with Gasteiger partial charge in [0.05, 0.1) is 12.8 Å². The molecule has 1 aromatic heterocycles. The van der Waals surface area contributed by atoms with Crippen molar-refractivity contribution in [3.63, 3.8) is 0 Å². The van der Waals surface area contributed by atoms with Crippen LogP contribution >= 0.6 is 0 Å². The number of nitrogens with zero attached hydrogens (tertiary/aromatic N) is 1. The number of pyridine rings is 1. The molecule has 0 atom stereocenters. The quantitative estimate of drug-likeness (QED) is 0.854. The molecule has 1 rings (SSSR count). The summed E-state index contributed by atoms with van der Waals surface area (Å²) in [5, 5.41) is 3.52. The van der Waals surface area contributed by atoms with Crippen LogP contribution in [0.4, 0.5) is 0 Å². The van der Waals surface area contributed by atoms with Crippen molar-refractivity contribution in [3.8, 4) is 5.75 Å². The maximum Gasteiger partial charge on any atom is 0.128 e. The Morgan fingerprint density at radius 2 is 1.95 bits per heavy atom. The van der Waals surface area contributed by atoms with E-state index in [0.29, 0.717) is 11.3 Å². The van der Waals surface area contributed by atoms with Gasteiger partial charge in [0.25, 0.3) is 0 Å². The van der Waals surface area contributed by atoms with Crippen molar-refractivity contribution < 1.29 is 4.74 Å². The minimum atomic E-state index is 0.294. The lowest BCUT2D eigenvalue weighted by molar-refractivity contribution is 0.237. The van der Waals surface area contributed by atoms with Crippen LogP contribution in [0.3, 0.4) is 0 Å². The fourth-order valence-corrected chi connectivity index (χ4v) is 1.96. The second kappa shape index (κ2) is 6.38. The summed E-state index contributed by atoms with van der Waals surface area (Å²) in [6, 6.07) is 0. The van der Waals surface area contributed by atoms with Gasteiger partial charge in [-0.3, -0.25) is 4.98 Å². The van der Waals surface area contributed by atoms with E-state index in [1.165, 1.54) is 0 Å². The number of hydrogen-bond donors (Lipinski definition) is 1. The average Bonchev–Trinajstić information content (AvgIpc) is 2.32. The number of hydrogen-bond acceptors (Lipinski definition) is 3. The maximum atomic E-state index is 5.43. The Labute approximate surface area is 117 Å². The Bertz CT molecular complexity index is 425. The maximum absolute atomic E-state index is 5.43. The van der Waals surface area contributed by atoms with E-state index in [4.69, 9.17) is 4.74 Å². The van der Waals surface area contributed by atoms with E-state index in [0.717, 1.165) is 35.7 Å². The van der Waals surface area contributed by atoms with Gasteiger partial charge in [0.15, 0.2) is 0 Å². The fraction of sp³-hybridized carbons (Fsp3) is 0.688. The largest absolute Gasteiger partial charge is 0.496 e. The second-order valence-corrected chi connectivity index (χ2v) is 6.29. The van der Waals surface area contributed by atoms with Crippen LogP contribution in [0, 0.1) is 25.2 Å². The highest BCUT2D eigenvalue weighted by Gasteiger charge is 2.21. The highest BCUT2D eigenvalue weighted by Crippen LogP contribution is 2.26. The number of methoxy groups -OCH3 is 1. The minimum Gasteiger partial charge on any atom is -0.496 e. The molecule has 0 radical (unpaired) electrons. The van der Waals surface area contributed by atoms with Gasteiger partial charge >= 0.3 is 0 Å². The molecule has 0 bridgehead atoms. The summed E-state index contributed by atoms with van der Waals surface area (Å²) >= 11 is 0. The highest BCUT2D eigenvalue weighted by molar-refractivity contribution is 5.40. The summed E-state index contributed by atoms with van der Waals surface area (Å²) in [7, 11) is 1.72. The van der Waals surface area contributed by atoms with Crippen LogP contribution in [-0.4, -0.2) is 18.6 Å². The van der Waals surface area contributed by atoms with E-state index < -0.39 is 0 Å². The molecule has 0 fully saturated rings. The van der Waals surface area contributed by atoms with Crippen LogP contribution in [0.1, 0.15) is 44.5 Å². The van der Waals surface area contributed by atoms with E-state index in [9.17, 15) is 0 Å². The second-order valence-electron chi connectivity index (χ2n) is 6.29. The van der Waals surface area contributed by atoms with Crippen molar-refractivity contribution in [2.45, 2.75) is 48.1 Å². The van der Waals surface area contributed by atoms with Crippen molar-refractivity contribution >= 4 is 0 Å². The van der Waals surface area contributed by atoms with Gasteiger partial charge in [0.2, 0.25) is 0 Å². The molecule has 0 aliphatic rings. The molecule has 0 saturated carbocycles. The van der Waals surface area contributed by atoms with Gasteiger partial charge in [-0.15, -0.1) is 0 Å². The molecule has 1 heterocycles. The number of rotatable bonds is 6. The molecule has 0 saturated heterocycles. The van der Waals surface area contributed by atoms with Gasteiger partial charge in [0, 0.05) is 30.4 Å². The Balaban J connectivity index is 2.69. The van der Waals surface area contributed by atoms with E-state index in [1.807, 2.05) is 13.1 Å². The van der Waals surface area contributed by atoms with Crippen molar-refractivity contribution in [3.05, 3.63) is 23.0 Å². The highest BCUT2D eigenvalue weighted by atomic mass is 16.5. The van der Waals surface area contributed by atoms with Crippen LogP contribution < -0.4 is 10.1 Å². The van der Waals surface area contributed by atoms with Crippen molar-refractivity contribution in [1.29, 1.82) is 0 Å². The first-order chi connectivity index (χ1) is 8.79. The number of aryl methyl sites for hydroxylation is 1. The smallest absolute Gasteiger partial charge is 0.128 e. The number of nitrogens with one attached hydrogen (secondary N) is 1. The molecular weight excluding hydrogens is 236 g/mol. The minimum absolute atomic E-state index is 0.294. The van der Waals surface area contributed by atoms with Crippen molar-refractivity contribution in [2.24, 2.45) is 11.3 Å². The topological polar surface area (TPSA) is 34.1 Å². The van der Waals surface area contributed by atoms with E-state index >= 15 is 0 Å². The van der Waals surface area contributed by atoms with Crippen LogP contribution in [0.15, 0.2) is 6.20 Å². The van der Waals surface area contributed by atoms with Gasteiger partial charge in [-0.2, -0.15) is 0 Å². The average molecular weight is 264 g/mol. The zero-order valence-electron chi connectivity index (χ0n) is 13.4. The van der Waals surface area contributed by atoms with Crippen LogP contribution in [0.2, 0.25) is 0 Å². The van der Waals surface area contributed by atoms with Crippen LogP contribution in [0.5, 0.6) is 5.75 Å². The first kappa shape index (κ1) is 16.0. The number of ether oxygens (including phenoxy) is 1. The molecule has 1 N–H and O–H groups in total. The Morgan fingerprint density at radius 3 is 2.47 bits per heavy atom. The zero-order valence-corrected chi connectivity index (χ0v) is 13.4. The molecule has 0 amide bonds. The van der Waals surface area contributed by atoms with Crippen molar-refractivity contribution in [2.75, 3.05) is 13.7 Å². The monoisotopic (exact) mass is 264 g/mol. The van der Waals surface area contributed by atoms with E-state index in [2.05, 4.69) is 44.9 Å². The summed E-state index contributed by atoms with van der Waals surface area (Å²) < 4.78 is 5.43. The Morgan fingerprint density at radius 1 is 1.32 bits per heavy atom. The molecule has 3 nitrogen and oxygen atoms in total. The lowest BCUT2D eigenvalue weighted by Crippen LogP contribution is -2.33. The van der Waals surface area contributed by atoms with E-state index in [-0.39, 0.29) is 0 Å². The summed E-state index contributed by atoms with van der Waals surface area (Å²) in [5.74, 6) is 1.61. The van der Waals surface area contributed by atoms with Crippen molar-refractivity contribution in [1.82, 2.24) is 10.3 Å². The summed E-state index contributed by atoms with van der Waals surface area (Å²) in [6.45, 7) is 15.0. The lowest BCUT2D eigenvalue weighted by atomic mass is 9.81. The van der Waals surface area contributed by atoms with Gasteiger partial charge in [-0.05, 0) is 25.2 Å². The molecular formula is C16H28N2O. The van der Waals surface area contributed by atoms with Gasteiger partial charge < -0.3 is 10.1 Å². The predicted octanol–water partition coefficient (Wildman–Crippen LogP) is 3.48. The van der Waals surface area contributed by atoms with Gasteiger partial charge in [0.1, 0.15) is 5.75 Å². The Kier molecular flexibility index (Phi) is 5.36. The molecule has 0 aliphatic heterocycles. The standard InChI is InChI=1S/C16H28N2O/c1-11(2)16(5,6)10-17-9-14-13(4)15(19-7)12(3)8-18-14/h8,11,17H,9-10H2,1-7H3. The lowest BCUT2D eigenvalue weighted by Gasteiger charge is -2.29. The number of aromatic nitrogens is 1. The van der Waals surface area contributed by atoms with Crippen LogP contribution in [-0.2, 0) is 6.54 Å². The molecule has 108 valence electrons. The predicted molar refractivity (Wildman–Crippen MR) is 80.6 cm³/mol. The SMILES string of the molecule is COc1c(C)cnc(CNCC(C)(C)C(C)C)c1C. The Hall–Kier alpha value is -1.09. The van der Waals surface area contributed by atoms with Gasteiger partial charge in [-0.25, -0.2) is 0 Å². The first-order valence-corrected chi connectivity index (χ1v) is 6.99. The van der Waals surface area contributed by atoms with Gasteiger partial charge in [-0.1, -0.05) is 27.7 Å². The van der Waals surface area contributed by atoms with Crippen LogP contribution in [0.25, 0.3) is 0 Å². The normalized spacial score (nSPS) is 12.0. The molecule has 0 aromatic carbocycles. The molecule has 3 heteroatoms. The molecule has 0 spiro atoms. The third-order valence-electron chi connectivity index (χ3n) is 4.19. The summed E-state index contributed by atoms with van der Waals surface area (Å²) in [5.41, 5.74) is 3.59. The zero-order chi connectivity index (χ0) is 14.6. The fourth-order valence-electron chi connectivity index (χ4n) is 1.96. The first-order valence-electron chi connectivity index (χ1n) is 6.99. The molecule has 19 heavy (non-hydrogen) atoms. The van der Waals surface area contributed by atoms with E-state index in [1.54, 1.807) is 7.11 Å². The molecule has 0 aliphatic carbocycles. The summed E-state index contributed by atoms with van der Waals surface area (Å²) in [6.07, 6.45) is 1.89.